The number of methoxy groups -OCH3 is 1. The first-order valence-electron chi connectivity index (χ1n) is 13.6. The minimum Gasteiger partial charge on any atom is -0.507 e. The first kappa shape index (κ1) is 32.3. The van der Waals surface area contributed by atoms with Crippen LogP contribution in [0.2, 0.25) is 0 Å². The average molecular weight is 640 g/mol. The number of benzene rings is 2. The largest absolute Gasteiger partial charge is 0.507 e. The number of phenols is 2. The van der Waals surface area contributed by atoms with E-state index in [-0.39, 0.29) is 28.0 Å². The lowest BCUT2D eigenvalue weighted by Gasteiger charge is -2.43. The highest BCUT2D eigenvalue weighted by molar-refractivity contribution is 6.31. The zero-order chi connectivity index (χ0) is 33.2. The molecular weight excluding hydrogens is 611 g/mol. The maximum atomic E-state index is 13.7. The van der Waals surface area contributed by atoms with Crippen molar-refractivity contribution in [2.75, 3.05) is 13.7 Å². The van der Waals surface area contributed by atoms with E-state index in [1.54, 1.807) is 5.32 Å². The Labute approximate surface area is 252 Å². The Kier molecular flexibility index (Phi) is 8.16. The molecule has 45 heavy (non-hydrogen) atoms. The zero-order valence-corrected chi connectivity index (χ0v) is 23.7. The lowest BCUT2D eigenvalue weighted by atomic mass is 9.72. The molecular formula is C29H28F3NO12. The van der Waals surface area contributed by atoms with E-state index in [2.05, 4.69) is 0 Å². The number of nitrogens with one attached hydrogen (secondary N) is 1. The number of aliphatic hydroxyl groups is 3. The van der Waals surface area contributed by atoms with Gasteiger partial charge >= 0.3 is 12.1 Å². The second kappa shape index (κ2) is 11.4. The molecule has 1 aliphatic heterocycles. The molecule has 1 saturated heterocycles. The summed E-state index contributed by atoms with van der Waals surface area (Å²) in [5, 5.41) is 55.8. The van der Waals surface area contributed by atoms with Gasteiger partial charge in [0.2, 0.25) is 5.78 Å². The summed E-state index contributed by atoms with van der Waals surface area (Å²) in [5.41, 5.74) is -4.74. The summed E-state index contributed by atoms with van der Waals surface area (Å²) in [6.45, 7) is 0.123. The quantitative estimate of drug-likeness (QED) is 0.206. The van der Waals surface area contributed by atoms with Crippen molar-refractivity contribution in [3.8, 4) is 17.2 Å². The van der Waals surface area contributed by atoms with Gasteiger partial charge in [-0.2, -0.15) is 13.2 Å². The standard InChI is InChI=1S/C29H28F3NO12/c1-10-22(36)13(33-27(41)29(30,31)32)6-17(44-10)45-15-8-28(42,16(35)9-34)7-12-19(15)26(40)21-20(24(12)38)23(37)11-4-3-5-14(43-2)18(11)25(21)39/h3-5,10,13,15,17,22,34,36,38,40,42H,6-9H2,1-2H3,(H,33,41). The van der Waals surface area contributed by atoms with Gasteiger partial charge in [-0.25, -0.2) is 0 Å². The Morgan fingerprint density at radius 2 is 1.78 bits per heavy atom. The number of carbonyl (C=O) groups excluding carboxylic acids is 4. The smallest absolute Gasteiger partial charge is 0.471 e. The molecule has 6 atom stereocenters. The molecule has 5 rings (SSSR count). The number of alkyl halides is 3. The average Bonchev–Trinajstić information content (AvgIpc) is 2.98. The first-order valence-corrected chi connectivity index (χ1v) is 13.6. The molecule has 13 nitrogen and oxygen atoms in total. The topological polar surface area (TPSA) is 209 Å². The van der Waals surface area contributed by atoms with Crippen LogP contribution in [0.5, 0.6) is 17.2 Å². The van der Waals surface area contributed by atoms with Gasteiger partial charge in [-0.05, 0) is 13.0 Å². The van der Waals surface area contributed by atoms with Crippen molar-refractivity contribution in [1.82, 2.24) is 5.32 Å². The number of rotatable bonds is 6. The summed E-state index contributed by atoms with van der Waals surface area (Å²) in [6, 6.07) is 2.60. The molecule has 16 heteroatoms. The summed E-state index contributed by atoms with van der Waals surface area (Å²) >= 11 is 0. The molecule has 3 aliphatic rings. The van der Waals surface area contributed by atoms with Crippen LogP contribution in [-0.2, 0) is 25.5 Å². The molecule has 0 radical (unpaired) electrons. The second-order valence-electron chi connectivity index (χ2n) is 11.1. The summed E-state index contributed by atoms with van der Waals surface area (Å²) in [4.78, 5) is 51.5. The van der Waals surface area contributed by atoms with Crippen molar-refractivity contribution < 1.29 is 72.1 Å². The number of hydrogen-bond acceptors (Lipinski definition) is 12. The number of aliphatic hydroxyl groups excluding tert-OH is 2. The van der Waals surface area contributed by atoms with E-state index in [9.17, 15) is 57.9 Å². The number of hydrogen-bond donors (Lipinski definition) is 6. The molecule has 6 unspecified atom stereocenters. The van der Waals surface area contributed by atoms with Crippen LogP contribution in [0.3, 0.4) is 0 Å². The van der Waals surface area contributed by atoms with Gasteiger partial charge in [-0.3, -0.25) is 19.2 Å². The number of phenolic OH excluding ortho intramolecular Hbond substituents is 2. The number of Topliss-reactive ketones (excluding diaryl/α,β-unsaturated/α-hetero) is 1. The van der Waals surface area contributed by atoms with Crippen molar-refractivity contribution in [1.29, 1.82) is 0 Å². The van der Waals surface area contributed by atoms with Gasteiger partial charge in [0, 0.05) is 36.0 Å². The molecule has 0 bridgehead atoms. The predicted molar refractivity (Wildman–Crippen MR) is 142 cm³/mol. The predicted octanol–water partition coefficient (Wildman–Crippen LogP) is 0.721. The number of ketones is 3. The molecule has 0 spiro atoms. The molecule has 0 aromatic heterocycles. The van der Waals surface area contributed by atoms with Crippen molar-refractivity contribution >= 4 is 23.3 Å². The van der Waals surface area contributed by atoms with E-state index < -0.39 is 114 Å². The molecule has 6 N–H and O–H groups in total. The van der Waals surface area contributed by atoms with E-state index in [0.717, 1.165) is 0 Å². The summed E-state index contributed by atoms with van der Waals surface area (Å²) in [6.07, 6.45) is -13.3. The Balaban J connectivity index is 1.61. The molecule has 1 fully saturated rings. The van der Waals surface area contributed by atoms with Crippen LogP contribution in [0, 0.1) is 0 Å². The van der Waals surface area contributed by atoms with E-state index in [1.807, 2.05) is 0 Å². The maximum Gasteiger partial charge on any atom is 0.471 e. The first-order chi connectivity index (χ1) is 21.0. The van der Waals surface area contributed by atoms with Crippen molar-refractivity contribution in [2.24, 2.45) is 0 Å². The van der Waals surface area contributed by atoms with Crippen LogP contribution in [-0.4, -0.2) is 98.8 Å². The number of fused-ring (bicyclic) bond motifs is 3. The SMILES string of the molecule is COc1cccc2c1C(=O)c1c(O)c3c(c(O)c1C2=O)CC(O)(C(=O)CO)CC3OC1CC(NC(=O)C(F)(F)F)C(O)C(C)O1. The third kappa shape index (κ3) is 5.31. The highest BCUT2D eigenvalue weighted by Gasteiger charge is 2.51. The third-order valence-electron chi connectivity index (χ3n) is 8.33. The van der Waals surface area contributed by atoms with Crippen LogP contribution in [0.15, 0.2) is 18.2 Å². The fourth-order valence-corrected chi connectivity index (χ4v) is 6.11. The minimum absolute atomic E-state index is 0.000996. The van der Waals surface area contributed by atoms with Crippen LogP contribution < -0.4 is 10.1 Å². The molecule has 2 aromatic rings. The molecule has 2 aromatic carbocycles. The van der Waals surface area contributed by atoms with Gasteiger partial charge in [-0.15, -0.1) is 0 Å². The fraction of sp³-hybridized carbons (Fsp3) is 0.448. The molecule has 2 aliphatic carbocycles. The summed E-state index contributed by atoms with van der Waals surface area (Å²) < 4.78 is 55.5. The lowest BCUT2D eigenvalue weighted by Crippen LogP contribution is -2.57. The van der Waals surface area contributed by atoms with Crippen LogP contribution >= 0.6 is 0 Å². The third-order valence-corrected chi connectivity index (χ3v) is 8.33. The fourth-order valence-electron chi connectivity index (χ4n) is 6.11. The minimum atomic E-state index is -5.27. The number of ether oxygens (including phenoxy) is 3. The van der Waals surface area contributed by atoms with E-state index in [0.29, 0.717) is 0 Å². The van der Waals surface area contributed by atoms with Crippen molar-refractivity contribution in [3.63, 3.8) is 0 Å². The van der Waals surface area contributed by atoms with Gasteiger partial charge in [0.25, 0.3) is 0 Å². The normalized spacial score (nSPS) is 27.7. The highest BCUT2D eigenvalue weighted by atomic mass is 19.4. The van der Waals surface area contributed by atoms with Gasteiger partial charge < -0.3 is 45.1 Å². The van der Waals surface area contributed by atoms with Crippen molar-refractivity contribution in [2.45, 2.75) is 68.6 Å². The van der Waals surface area contributed by atoms with Crippen LogP contribution in [0.1, 0.15) is 68.8 Å². The molecule has 242 valence electrons. The van der Waals surface area contributed by atoms with E-state index >= 15 is 0 Å². The Morgan fingerprint density at radius 3 is 2.40 bits per heavy atom. The highest BCUT2D eigenvalue weighted by Crippen LogP contribution is 2.52. The Bertz CT molecular complexity index is 1610. The second-order valence-corrected chi connectivity index (χ2v) is 11.1. The van der Waals surface area contributed by atoms with Gasteiger partial charge in [-0.1, -0.05) is 12.1 Å². The van der Waals surface area contributed by atoms with Crippen molar-refractivity contribution in [3.05, 3.63) is 51.6 Å². The Hall–Kier alpha value is -4.09. The maximum absolute atomic E-state index is 13.7. The monoisotopic (exact) mass is 639 g/mol. The molecule has 0 saturated carbocycles. The van der Waals surface area contributed by atoms with Crippen LogP contribution in [0.25, 0.3) is 0 Å². The zero-order valence-electron chi connectivity index (χ0n) is 23.7. The molecule has 1 amide bonds. The summed E-state index contributed by atoms with van der Waals surface area (Å²) in [5.74, 6) is -6.94. The molecule has 1 heterocycles. The van der Waals surface area contributed by atoms with E-state index in [1.165, 1.54) is 32.2 Å². The van der Waals surface area contributed by atoms with Gasteiger partial charge in [0.05, 0.1) is 42.0 Å². The number of aromatic hydroxyl groups is 2. The Morgan fingerprint density at radius 1 is 1.11 bits per heavy atom. The lowest BCUT2D eigenvalue weighted by molar-refractivity contribution is -0.250. The number of amides is 1. The summed E-state index contributed by atoms with van der Waals surface area (Å²) in [7, 11) is 1.25. The number of carbonyl (C=O) groups is 4. The van der Waals surface area contributed by atoms with E-state index in [4.69, 9.17) is 14.2 Å². The number of halogens is 3. The van der Waals surface area contributed by atoms with Gasteiger partial charge in [0.1, 0.15) is 35.6 Å². The van der Waals surface area contributed by atoms with Gasteiger partial charge in [0.15, 0.2) is 17.9 Å². The van der Waals surface area contributed by atoms with Crippen LogP contribution in [0.4, 0.5) is 13.2 Å².